The maximum absolute atomic E-state index is 14.4. The summed E-state index contributed by atoms with van der Waals surface area (Å²) in [5.74, 6) is -3.43. The molecule has 2 amide bonds. The molecule has 5 nitrogen and oxygen atoms in total. The van der Waals surface area contributed by atoms with Crippen LogP contribution in [0.3, 0.4) is 0 Å². The smallest absolute Gasteiger partial charge is 0.333 e. The molecule has 2 aliphatic rings. The molecule has 1 aliphatic carbocycles. The molecule has 0 aromatic heterocycles. The van der Waals surface area contributed by atoms with E-state index in [1.807, 2.05) is 12.1 Å². The number of nitrogens with zero attached hydrogens (tertiary/aromatic N) is 1. The molecule has 1 aromatic rings. The Hall–Kier alpha value is -2.41. The van der Waals surface area contributed by atoms with Gasteiger partial charge in [-0.3, -0.25) is 0 Å². The Labute approximate surface area is 205 Å². The number of benzene rings is 1. The number of hydrogen-bond acceptors (Lipinski definition) is 3. The second kappa shape index (κ2) is 9.68. The maximum Gasteiger partial charge on any atom is 0.333 e. The number of urea groups is 1. The fraction of sp³-hybridized carbons (Fsp3) is 0.538. The Balaban J connectivity index is 1.91. The molecule has 0 saturated heterocycles. The summed E-state index contributed by atoms with van der Waals surface area (Å²) in [7, 11) is 1.25. The molecule has 1 heterocycles. The number of halogens is 3. The average molecular weight is 495 g/mol. The van der Waals surface area contributed by atoms with Crippen molar-refractivity contribution in [2.75, 3.05) is 13.7 Å². The largest absolute Gasteiger partial charge is 0.466 e. The fourth-order valence-corrected chi connectivity index (χ4v) is 4.72. The van der Waals surface area contributed by atoms with Crippen LogP contribution in [-0.2, 0) is 21.5 Å². The summed E-state index contributed by atoms with van der Waals surface area (Å²) in [5.41, 5.74) is 1.44. The first-order chi connectivity index (χ1) is 15.8. The monoisotopic (exact) mass is 494 g/mol. The van der Waals surface area contributed by atoms with Crippen molar-refractivity contribution in [2.45, 2.75) is 70.8 Å². The van der Waals surface area contributed by atoms with Crippen molar-refractivity contribution in [3.63, 3.8) is 0 Å². The molecule has 3 rings (SSSR count). The number of methoxy groups -OCH3 is 1. The lowest BCUT2D eigenvalue weighted by Crippen LogP contribution is -2.58. The molecule has 0 unspecified atom stereocenters. The zero-order chi connectivity index (χ0) is 25.3. The zero-order valence-electron chi connectivity index (χ0n) is 20.3. The topological polar surface area (TPSA) is 58.6 Å². The van der Waals surface area contributed by atoms with Crippen LogP contribution in [0.1, 0.15) is 64.0 Å². The molecule has 0 spiro atoms. The Morgan fingerprint density at radius 3 is 2.62 bits per heavy atom. The number of nitrogens with one attached hydrogen (secondary N) is 1. The minimum absolute atomic E-state index is 0.0674. The number of alkyl halides is 2. The molecule has 1 aliphatic heterocycles. The van der Waals surface area contributed by atoms with E-state index in [1.165, 1.54) is 18.2 Å². The number of esters is 1. The third-order valence-electron chi connectivity index (χ3n) is 6.57. The van der Waals surface area contributed by atoms with Crippen LogP contribution < -0.4 is 5.32 Å². The number of rotatable bonds is 7. The summed E-state index contributed by atoms with van der Waals surface area (Å²) >= 11 is 6.61. The van der Waals surface area contributed by atoms with E-state index in [-0.39, 0.29) is 36.8 Å². The van der Waals surface area contributed by atoms with Gasteiger partial charge in [0.05, 0.1) is 12.6 Å². The van der Waals surface area contributed by atoms with Gasteiger partial charge in [-0.1, -0.05) is 51.1 Å². The van der Waals surface area contributed by atoms with Crippen LogP contribution in [0.25, 0.3) is 0 Å². The van der Waals surface area contributed by atoms with Crippen molar-refractivity contribution < 1.29 is 23.1 Å². The molecule has 186 valence electrons. The van der Waals surface area contributed by atoms with Crippen LogP contribution in [0.4, 0.5) is 13.6 Å². The second-order valence-corrected chi connectivity index (χ2v) is 10.8. The number of fused-ring (bicyclic) bond motifs is 1. The molecular formula is C26H33ClF2N2O3. The summed E-state index contributed by atoms with van der Waals surface area (Å²) in [6.45, 7) is 10.3. The first-order valence-corrected chi connectivity index (χ1v) is 11.9. The van der Waals surface area contributed by atoms with Crippen molar-refractivity contribution in [3.05, 3.63) is 58.3 Å². The Bertz CT molecular complexity index is 1020. The number of aryl methyl sites for hydroxylation is 1. The highest BCUT2D eigenvalue weighted by Crippen LogP contribution is 2.49. The summed E-state index contributed by atoms with van der Waals surface area (Å²) in [5, 5.41) is 3.56. The lowest BCUT2D eigenvalue weighted by molar-refractivity contribution is -0.136. The highest BCUT2D eigenvalue weighted by Gasteiger charge is 2.51. The van der Waals surface area contributed by atoms with Crippen LogP contribution in [0.2, 0.25) is 5.02 Å². The molecule has 1 aromatic carbocycles. The Kier molecular flexibility index (Phi) is 7.46. The molecule has 8 heteroatoms. The van der Waals surface area contributed by atoms with Crippen LogP contribution in [0, 0.1) is 5.41 Å². The summed E-state index contributed by atoms with van der Waals surface area (Å²) in [6.07, 6.45) is 2.69. The lowest BCUT2D eigenvalue weighted by atomic mass is 9.70. The molecular weight excluding hydrogens is 462 g/mol. The van der Waals surface area contributed by atoms with Gasteiger partial charge in [0.15, 0.2) is 0 Å². The zero-order valence-corrected chi connectivity index (χ0v) is 21.0. The normalized spacial score (nSPS) is 21.9. The molecule has 0 radical (unpaired) electrons. The van der Waals surface area contributed by atoms with Gasteiger partial charge in [-0.2, -0.15) is 0 Å². The Morgan fingerprint density at radius 2 is 2.00 bits per heavy atom. The number of carbonyl (C=O) groups excluding carboxylic acids is 2. The fourth-order valence-electron chi connectivity index (χ4n) is 4.44. The van der Waals surface area contributed by atoms with E-state index in [9.17, 15) is 18.4 Å². The maximum atomic E-state index is 14.4. The first-order valence-electron chi connectivity index (χ1n) is 11.5. The van der Waals surface area contributed by atoms with E-state index in [1.54, 1.807) is 6.07 Å². The van der Waals surface area contributed by atoms with Crippen molar-refractivity contribution in [2.24, 2.45) is 5.41 Å². The summed E-state index contributed by atoms with van der Waals surface area (Å²) < 4.78 is 33.5. The average Bonchev–Trinajstić information content (AvgIpc) is 2.75. The van der Waals surface area contributed by atoms with Gasteiger partial charge in [-0.15, -0.1) is 0 Å². The van der Waals surface area contributed by atoms with E-state index < -0.39 is 29.9 Å². The van der Waals surface area contributed by atoms with E-state index in [4.69, 9.17) is 11.6 Å². The number of ether oxygens (including phenoxy) is 1. The molecule has 1 fully saturated rings. The first kappa shape index (κ1) is 26.2. The van der Waals surface area contributed by atoms with Crippen LogP contribution in [0.15, 0.2) is 42.1 Å². The van der Waals surface area contributed by atoms with E-state index in [2.05, 4.69) is 37.4 Å². The molecule has 1 saturated carbocycles. The Morgan fingerprint density at radius 1 is 1.29 bits per heavy atom. The van der Waals surface area contributed by atoms with Crippen molar-refractivity contribution in [1.29, 1.82) is 0 Å². The van der Waals surface area contributed by atoms with E-state index in [0.29, 0.717) is 16.2 Å². The van der Waals surface area contributed by atoms with E-state index in [0.717, 1.165) is 18.4 Å². The van der Waals surface area contributed by atoms with Gasteiger partial charge < -0.3 is 15.0 Å². The second-order valence-electron chi connectivity index (χ2n) is 10.4. The third kappa shape index (κ3) is 5.80. The van der Waals surface area contributed by atoms with Crippen molar-refractivity contribution in [3.8, 4) is 0 Å². The van der Waals surface area contributed by atoms with Gasteiger partial charge in [-0.25, -0.2) is 18.4 Å². The third-order valence-corrected chi connectivity index (χ3v) is 6.93. The van der Waals surface area contributed by atoms with Crippen molar-refractivity contribution in [1.82, 2.24) is 10.2 Å². The van der Waals surface area contributed by atoms with Gasteiger partial charge >= 0.3 is 12.0 Å². The van der Waals surface area contributed by atoms with Gasteiger partial charge in [0.2, 0.25) is 0 Å². The van der Waals surface area contributed by atoms with Gasteiger partial charge in [0, 0.05) is 36.2 Å². The number of carbonyl (C=O) groups is 2. The number of hydrogen-bond donors (Lipinski definition) is 1. The quantitative estimate of drug-likeness (QED) is 0.354. The summed E-state index contributed by atoms with van der Waals surface area (Å²) in [6, 6.07) is 5.20. The minimum Gasteiger partial charge on any atom is -0.466 e. The predicted octanol–water partition coefficient (Wildman–Crippen LogP) is 6.36. The molecule has 1 atom stereocenters. The molecule has 34 heavy (non-hydrogen) atoms. The van der Waals surface area contributed by atoms with E-state index >= 15 is 0 Å². The standard InChI is InChI=1S/C26H33ClF2N2O3/c1-17(22(32)34-5)9-13-31-16-20-15-25(28,29)11-12-26(20,30-23(31)33)19-7-6-18(21(27)14-19)8-10-24(2,3)4/h6-7,14,16H,1,8-13,15H2,2-5H3,(H,30,33)/t26-/m0/s1. The molecule has 0 bridgehead atoms. The van der Waals surface area contributed by atoms with Gasteiger partial charge in [0.1, 0.15) is 0 Å². The highest BCUT2D eigenvalue weighted by atomic mass is 35.5. The van der Waals surface area contributed by atoms with Crippen LogP contribution in [-0.4, -0.2) is 36.5 Å². The van der Waals surface area contributed by atoms with Crippen LogP contribution >= 0.6 is 11.6 Å². The SMILES string of the molecule is C=C(CCN1C=C2CC(F)(F)CC[C@@]2(c2ccc(CCC(C)(C)C)c(Cl)c2)NC1=O)C(=O)OC. The number of amides is 2. The minimum atomic E-state index is -2.87. The molecule has 1 N–H and O–H groups in total. The van der Waals surface area contributed by atoms with Gasteiger partial charge in [-0.05, 0) is 53.9 Å². The summed E-state index contributed by atoms with van der Waals surface area (Å²) in [4.78, 5) is 25.9. The van der Waals surface area contributed by atoms with Crippen LogP contribution in [0.5, 0.6) is 0 Å². The predicted molar refractivity (Wildman–Crippen MR) is 129 cm³/mol. The lowest BCUT2D eigenvalue weighted by Gasteiger charge is -2.47. The highest BCUT2D eigenvalue weighted by molar-refractivity contribution is 6.31. The van der Waals surface area contributed by atoms with Crippen molar-refractivity contribution >= 4 is 23.6 Å². The van der Waals surface area contributed by atoms with Gasteiger partial charge in [0.25, 0.3) is 5.92 Å².